The van der Waals surface area contributed by atoms with Gasteiger partial charge in [0.15, 0.2) is 5.78 Å². The molecule has 0 saturated heterocycles. The highest BCUT2D eigenvalue weighted by Gasteiger charge is 2.08. The normalized spacial score (nSPS) is 10.9. The van der Waals surface area contributed by atoms with E-state index in [2.05, 4.69) is 10.3 Å². The predicted octanol–water partition coefficient (Wildman–Crippen LogP) is 1.01. The first-order chi connectivity index (χ1) is 7.13. The maximum Gasteiger partial charge on any atom is 0.154 e. The quantitative estimate of drug-likeness (QED) is 0.760. The summed E-state index contributed by atoms with van der Waals surface area (Å²) in [6, 6.07) is 0.347. The Kier molecular flexibility index (Phi) is 4.49. The van der Waals surface area contributed by atoms with Crippen LogP contribution in [0.2, 0.25) is 0 Å². The Morgan fingerprint density at radius 2 is 2.33 bits per heavy atom. The number of imidazole rings is 1. The number of rotatable bonds is 6. The Morgan fingerprint density at radius 3 is 2.93 bits per heavy atom. The summed E-state index contributed by atoms with van der Waals surface area (Å²) in [6.07, 6.45) is 4.06. The van der Waals surface area contributed by atoms with Crippen molar-refractivity contribution in [3.05, 3.63) is 18.2 Å². The van der Waals surface area contributed by atoms with Crippen LogP contribution in [0.4, 0.5) is 0 Å². The molecule has 1 heterocycles. The van der Waals surface area contributed by atoms with Crippen molar-refractivity contribution >= 4 is 5.78 Å². The molecule has 0 aliphatic rings. The third-order valence-electron chi connectivity index (χ3n) is 2.21. The molecule has 1 aromatic heterocycles. The number of nitrogens with zero attached hydrogens (tertiary/aromatic N) is 2. The molecule has 0 aliphatic heterocycles. The second kappa shape index (κ2) is 5.66. The predicted molar refractivity (Wildman–Crippen MR) is 59.8 cm³/mol. The van der Waals surface area contributed by atoms with Crippen molar-refractivity contribution in [2.45, 2.75) is 39.8 Å². The van der Waals surface area contributed by atoms with E-state index >= 15 is 0 Å². The number of carbonyl (C=O) groups excluding carboxylic acids is 1. The Balaban J connectivity index is 2.44. The molecule has 0 unspecified atom stereocenters. The van der Waals surface area contributed by atoms with E-state index in [1.54, 1.807) is 6.20 Å². The van der Waals surface area contributed by atoms with Crippen molar-refractivity contribution < 1.29 is 4.79 Å². The van der Waals surface area contributed by atoms with Gasteiger partial charge >= 0.3 is 0 Å². The van der Waals surface area contributed by atoms with Gasteiger partial charge < -0.3 is 9.88 Å². The summed E-state index contributed by atoms with van der Waals surface area (Å²) in [6.45, 7) is 7.39. The van der Waals surface area contributed by atoms with Crippen molar-refractivity contribution in [3.63, 3.8) is 0 Å². The van der Waals surface area contributed by atoms with E-state index in [1.165, 1.54) is 0 Å². The molecule has 0 bridgehead atoms. The standard InChI is InChI=1S/C11H19N3O/c1-4-14-6-5-12-11(14)7-10(15)8-13-9(2)3/h5-6,9,13H,4,7-8H2,1-3H3. The average molecular weight is 209 g/mol. The molecule has 0 radical (unpaired) electrons. The van der Waals surface area contributed by atoms with Gasteiger partial charge in [-0.3, -0.25) is 4.79 Å². The molecule has 1 aromatic rings. The monoisotopic (exact) mass is 209 g/mol. The van der Waals surface area contributed by atoms with Crippen molar-refractivity contribution in [2.75, 3.05) is 6.54 Å². The van der Waals surface area contributed by atoms with Gasteiger partial charge in [0.25, 0.3) is 0 Å². The first-order valence-electron chi connectivity index (χ1n) is 5.38. The van der Waals surface area contributed by atoms with E-state index in [0.29, 0.717) is 19.0 Å². The highest BCUT2D eigenvalue weighted by atomic mass is 16.1. The molecule has 0 atom stereocenters. The van der Waals surface area contributed by atoms with Gasteiger partial charge in [-0.25, -0.2) is 4.98 Å². The fourth-order valence-electron chi connectivity index (χ4n) is 1.35. The van der Waals surface area contributed by atoms with E-state index in [0.717, 1.165) is 12.4 Å². The maximum atomic E-state index is 11.6. The number of aromatic nitrogens is 2. The zero-order chi connectivity index (χ0) is 11.3. The Hall–Kier alpha value is -1.16. The van der Waals surface area contributed by atoms with Crippen LogP contribution in [0.5, 0.6) is 0 Å². The van der Waals surface area contributed by atoms with Crippen LogP contribution < -0.4 is 5.32 Å². The number of aryl methyl sites for hydroxylation is 1. The number of carbonyl (C=O) groups is 1. The van der Waals surface area contributed by atoms with Crippen molar-refractivity contribution in [3.8, 4) is 0 Å². The summed E-state index contributed by atoms with van der Waals surface area (Å²) < 4.78 is 1.99. The molecule has 0 spiro atoms. The molecule has 0 saturated carbocycles. The van der Waals surface area contributed by atoms with Crippen LogP contribution in [-0.2, 0) is 17.8 Å². The van der Waals surface area contributed by atoms with Crippen LogP contribution in [0.15, 0.2) is 12.4 Å². The lowest BCUT2D eigenvalue weighted by Crippen LogP contribution is -2.30. The lowest BCUT2D eigenvalue weighted by atomic mass is 10.2. The van der Waals surface area contributed by atoms with Crippen LogP contribution in [0.25, 0.3) is 0 Å². The molecule has 0 amide bonds. The molecule has 0 aromatic carbocycles. The van der Waals surface area contributed by atoms with Gasteiger partial charge in [-0.1, -0.05) is 13.8 Å². The lowest BCUT2D eigenvalue weighted by Gasteiger charge is -2.07. The molecule has 4 nitrogen and oxygen atoms in total. The highest BCUT2D eigenvalue weighted by molar-refractivity contribution is 5.82. The van der Waals surface area contributed by atoms with E-state index < -0.39 is 0 Å². The van der Waals surface area contributed by atoms with Gasteiger partial charge in [0.05, 0.1) is 13.0 Å². The number of hydrogen-bond donors (Lipinski definition) is 1. The summed E-state index contributed by atoms with van der Waals surface area (Å²) >= 11 is 0. The van der Waals surface area contributed by atoms with E-state index in [1.807, 2.05) is 31.5 Å². The molecule has 15 heavy (non-hydrogen) atoms. The van der Waals surface area contributed by atoms with Crippen molar-refractivity contribution in [1.82, 2.24) is 14.9 Å². The first kappa shape index (κ1) is 11.9. The molecule has 84 valence electrons. The van der Waals surface area contributed by atoms with Crippen LogP contribution in [0.1, 0.15) is 26.6 Å². The average Bonchev–Trinajstić information content (AvgIpc) is 2.62. The van der Waals surface area contributed by atoms with Crippen LogP contribution in [0.3, 0.4) is 0 Å². The number of ketones is 1. The Morgan fingerprint density at radius 1 is 1.60 bits per heavy atom. The zero-order valence-electron chi connectivity index (χ0n) is 9.66. The van der Waals surface area contributed by atoms with E-state index in [4.69, 9.17) is 0 Å². The molecule has 4 heteroatoms. The fourth-order valence-corrected chi connectivity index (χ4v) is 1.35. The largest absolute Gasteiger partial charge is 0.335 e. The van der Waals surface area contributed by atoms with E-state index in [9.17, 15) is 4.79 Å². The van der Waals surface area contributed by atoms with Gasteiger partial charge in [0, 0.05) is 25.0 Å². The van der Waals surface area contributed by atoms with Gasteiger partial charge in [0.2, 0.25) is 0 Å². The number of Topliss-reactive ketones (excluding diaryl/α,β-unsaturated/α-hetero) is 1. The molecule has 1 rings (SSSR count). The van der Waals surface area contributed by atoms with Gasteiger partial charge in [-0.15, -0.1) is 0 Å². The summed E-state index contributed by atoms with van der Waals surface area (Å²) in [5, 5.41) is 3.11. The van der Waals surface area contributed by atoms with Crippen molar-refractivity contribution in [2.24, 2.45) is 0 Å². The van der Waals surface area contributed by atoms with E-state index in [-0.39, 0.29) is 5.78 Å². The molecule has 0 aliphatic carbocycles. The van der Waals surface area contributed by atoms with Crippen LogP contribution in [-0.4, -0.2) is 27.9 Å². The van der Waals surface area contributed by atoms with Crippen LogP contribution in [0, 0.1) is 0 Å². The lowest BCUT2D eigenvalue weighted by molar-refractivity contribution is -0.117. The summed E-state index contributed by atoms with van der Waals surface area (Å²) in [7, 11) is 0. The second-order valence-corrected chi connectivity index (χ2v) is 3.88. The van der Waals surface area contributed by atoms with Crippen molar-refractivity contribution in [1.29, 1.82) is 0 Å². The van der Waals surface area contributed by atoms with Gasteiger partial charge in [-0.05, 0) is 6.92 Å². The molecular weight excluding hydrogens is 190 g/mol. The minimum absolute atomic E-state index is 0.185. The summed E-state index contributed by atoms with van der Waals surface area (Å²) in [4.78, 5) is 15.7. The third-order valence-corrected chi connectivity index (χ3v) is 2.21. The second-order valence-electron chi connectivity index (χ2n) is 3.88. The number of hydrogen-bond acceptors (Lipinski definition) is 3. The van der Waals surface area contributed by atoms with Crippen LogP contribution >= 0.6 is 0 Å². The smallest absolute Gasteiger partial charge is 0.154 e. The molecule has 1 N–H and O–H groups in total. The zero-order valence-corrected chi connectivity index (χ0v) is 9.66. The number of nitrogens with one attached hydrogen (secondary N) is 1. The SMILES string of the molecule is CCn1ccnc1CC(=O)CNC(C)C. The Labute approximate surface area is 90.7 Å². The molecular formula is C11H19N3O. The minimum Gasteiger partial charge on any atom is -0.335 e. The fraction of sp³-hybridized carbons (Fsp3) is 0.636. The third kappa shape index (κ3) is 3.83. The Bertz CT molecular complexity index is 317. The minimum atomic E-state index is 0.185. The van der Waals surface area contributed by atoms with Gasteiger partial charge in [0.1, 0.15) is 5.82 Å². The first-order valence-corrected chi connectivity index (χ1v) is 5.38. The maximum absolute atomic E-state index is 11.6. The van der Waals surface area contributed by atoms with Gasteiger partial charge in [-0.2, -0.15) is 0 Å². The molecule has 0 fully saturated rings. The topological polar surface area (TPSA) is 46.9 Å². The highest BCUT2D eigenvalue weighted by Crippen LogP contribution is 1.99. The summed E-state index contributed by atoms with van der Waals surface area (Å²) in [5.41, 5.74) is 0. The summed E-state index contributed by atoms with van der Waals surface area (Å²) in [5.74, 6) is 1.04.